The van der Waals surface area contributed by atoms with E-state index in [1.54, 1.807) is 30.5 Å². The molecule has 0 aliphatic carbocycles. The number of benzene rings is 1. The van der Waals surface area contributed by atoms with Gasteiger partial charge < -0.3 is 10.2 Å². The summed E-state index contributed by atoms with van der Waals surface area (Å²) in [6, 6.07) is 9.48. The summed E-state index contributed by atoms with van der Waals surface area (Å²) in [4.78, 5) is 19.2. The van der Waals surface area contributed by atoms with Crippen LogP contribution in [0.25, 0.3) is 0 Å². The average molecular weight is 417 g/mol. The second-order valence-electron chi connectivity index (χ2n) is 8.02. The highest BCUT2D eigenvalue weighted by molar-refractivity contribution is 7.92. The minimum Gasteiger partial charge on any atom is -0.346 e. The topological polar surface area (TPSA) is 91.4 Å². The van der Waals surface area contributed by atoms with Crippen LogP contribution in [0.5, 0.6) is 0 Å². The zero-order valence-corrected chi connectivity index (χ0v) is 17.7. The number of amides is 1. The molecule has 1 aliphatic rings. The summed E-state index contributed by atoms with van der Waals surface area (Å²) in [6.45, 7) is 6.70. The van der Waals surface area contributed by atoms with E-state index in [-0.39, 0.29) is 10.5 Å². The molecular weight excluding hydrogens is 388 g/mol. The maximum atomic E-state index is 13.0. The number of carbonyl (C=O) groups is 1. The van der Waals surface area contributed by atoms with Gasteiger partial charge in [0.2, 0.25) is 0 Å². The molecule has 1 amide bonds. The summed E-state index contributed by atoms with van der Waals surface area (Å²) in [5.74, 6) is -0.404. The van der Waals surface area contributed by atoms with Gasteiger partial charge in [-0.2, -0.15) is 0 Å². The van der Waals surface area contributed by atoms with E-state index in [0.717, 1.165) is 19.6 Å². The fourth-order valence-electron chi connectivity index (χ4n) is 3.61. The second kappa shape index (κ2) is 8.92. The summed E-state index contributed by atoms with van der Waals surface area (Å²) < 4.78 is 28.2. The third-order valence-corrected chi connectivity index (χ3v) is 6.29. The quantitative estimate of drug-likeness (QED) is 0.724. The van der Waals surface area contributed by atoms with Gasteiger partial charge >= 0.3 is 0 Å². The van der Waals surface area contributed by atoms with Crippen molar-refractivity contribution in [2.45, 2.75) is 43.5 Å². The molecular formula is C21H28N4O3S. The lowest BCUT2D eigenvalue weighted by Gasteiger charge is -2.35. The number of aromatic nitrogens is 1. The summed E-state index contributed by atoms with van der Waals surface area (Å²) in [5.41, 5.74) is -0.0222. The van der Waals surface area contributed by atoms with E-state index in [1.165, 1.54) is 37.6 Å². The maximum absolute atomic E-state index is 13.0. The van der Waals surface area contributed by atoms with Crippen LogP contribution in [0.3, 0.4) is 0 Å². The van der Waals surface area contributed by atoms with Gasteiger partial charge in [-0.05, 0) is 64.0 Å². The van der Waals surface area contributed by atoms with E-state index in [9.17, 15) is 13.2 Å². The molecule has 0 unspecified atom stereocenters. The van der Waals surface area contributed by atoms with Crippen molar-refractivity contribution >= 4 is 21.6 Å². The molecule has 1 aliphatic heterocycles. The van der Waals surface area contributed by atoms with Crippen LogP contribution < -0.4 is 10.0 Å². The molecule has 7 nitrogen and oxygen atoms in total. The standard InChI is InChI=1S/C21H28N4O3S/c1-21(2,16-25-13-6-3-7-14-25)23-20(26)18-10-4-5-11-19(18)29(27,28)24-17-9-8-12-22-15-17/h4-5,8-12,15,24H,3,6-7,13-14,16H2,1-2H3,(H,23,26). The molecule has 1 saturated heterocycles. The normalized spacial score (nSPS) is 15.7. The molecule has 2 N–H and O–H groups in total. The first-order valence-corrected chi connectivity index (χ1v) is 11.3. The first kappa shape index (κ1) is 21.3. The maximum Gasteiger partial charge on any atom is 0.262 e. The average Bonchev–Trinajstić information content (AvgIpc) is 2.68. The van der Waals surface area contributed by atoms with Crippen molar-refractivity contribution < 1.29 is 13.2 Å². The van der Waals surface area contributed by atoms with Crippen LogP contribution in [0.2, 0.25) is 0 Å². The molecule has 0 bridgehead atoms. The van der Waals surface area contributed by atoms with Crippen molar-refractivity contribution in [3.8, 4) is 0 Å². The molecule has 156 valence electrons. The number of anilines is 1. The van der Waals surface area contributed by atoms with Crippen molar-refractivity contribution in [1.82, 2.24) is 15.2 Å². The first-order chi connectivity index (χ1) is 13.8. The summed E-state index contributed by atoms with van der Waals surface area (Å²) in [7, 11) is -3.93. The van der Waals surface area contributed by atoms with Gasteiger partial charge in [-0.1, -0.05) is 18.6 Å². The van der Waals surface area contributed by atoms with E-state index < -0.39 is 21.5 Å². The number of nitrogens with zero attached hydrogens (tertiary/aromatic N) is 2. The third-order valence-electron chi connectivity index (χ3n) is 4.85. The predicted molar refractivity (Wildman–Crippen MR) is 113 cm³/mol. The van der Waals surface area contributed by atoms with E-state index in [1.807, 2.05) is 13.8 Å². The van der Waals surface area contributed by atoms with Crippen molar-refractivity contribution in [3.05, 3.63) is 54.4 Å². The van der Waals surface area contributed by atoms with Crippen LogP contribution in [0.4, 0.5) is 5.69 Å². The second-order valence-corrected chi connectivity index (χ2v) is 9.67. The van der Waals surface area contributed by atoms with Crippen LogP contribution in [0, 0.1) is 0 Å². The van der Waals surface area contributed by atoms with Gasteiger partial charge in [0.25, 0.3) is 15.9 Å². The Labute approximate surface area is 172 Å². The van der Waals surface area contributed by atoms with Gasteiger partial charge in [-0.3, -0.25) is 14.5 Å². The number of piperidine rings is 1. The van der Waals surface area contributed by atoms with Crippen molar-refractivity contribution in [1.29, 1.82) is 0 Å². The first-order valence-electron chi connectivity index (χ1n) is 9.84. The van der Waals surface area contributed by atoms with Gasteiger partial charge in [0, 0.05) is 18.3 Å². The van der Waals surface area contributed by atoms with Gasteiger partial charge in [-0.25, -0.2) is 8.42 Å². The Morgan fingerprint density at radius 1 is 1.10 bits per heavy atom. The number of likely N-dealkylation sites (tertiary alicyclic amines) is 1. The number of hydrogen-bond donors (Lipinski definition) is 2. The molecule has 2 aromatic rings. The third kappa shape index (κ3) is 5.77. The molecule has 3 rings (SSSR count). The van der Waals surface area contributed by atoms with Gasteiger partial charge in [0.15, 0.2) is 0 Å². The zero-order chi connectivity index (χ0) is 20.9. The summed E-state index contributed by atoms with van der Waals surface area (Å²) in [5, 5.41) is 3.01. The molecule has 29 heavy (non-hydrogen) atoms. The Balaban J connectivity index is 1.77. The van der Waals surface area contributed by atoms with Crippen LogP contribution >= 0.6 is 0 Å². The lowest BCUT2D eigenvalue weighted by molar-refractivity contribution is 0.0874. The number of pyridine rings is 1. The fourth-order valence-corrected chi connectivity index (χ4v) is 4.86. The highest BCUT2D eigenvalue weighted by Crippen LogP contribution is 2.21. The van der Waals surface area contributed by atoms with Crippen molar-refractivity contribution in [2.24, 2.45) is 0 Å². The number of nitrogens with one attached hydrogen (secondary N) is 2. The van der Waals surface area contributed by atoms with Crippen LogP contribution in [-0.2, 0) is 10.0 Å². The molecule has 1 fully saturated rings. The van der Waals surface area contributed by atoms with Crippen LogP contribution in [0.15, 0.2) is 53.7 Å². The molecule has 0 radical (unpaired) electrons. The van der Waals surface area contributed by atoms with Crippen molar-refractivity contribution in [2.75, 3.05) is 24.4 Å². The molecule has 1 aromatic heterocycles. The van der Waals surface area contributed by atoms with E-state index in [2.05, 4.69) is 19.9 Å². The monoisotopic (exact) mass is 416 g/mol. The highest BCUT2D eigenvalue weighted by atomic mass is 32.2. The Hall–Kier alpha value is -2.45. The Kier molecular flexibility index (Phi) is 6.54. The molecule has 2 heterocycles. The number of hydrogen-bond acceptors (Lipinski definition) is 5. The Bertz CT molecular complexity index is 939. The largest absolute Gasteiger partial charge is 0.346 e. The Morgan fingerprint density at radius 2 is 1.83 bits per heavy atom. The zero-order valence-electron chi connectivity index (χ0n) is 16.9. The molecule has 0 spiro atoms. The van der Waals surface area contributed by atoms with Gasteiger partial charge in [0.1, 0.15) is 4.90 Å². The fraction of sp³-hybridized carbons (Fsp3) is 0.429. The molecule has 8 heteroatoms. The molecule has 0 saturated carbocycles. The van der Waals surface area contributed by atoms with E-state index >= 15 is 0 Å². The minimum atomic E-state index is -3.93. The minimum absolute atomic E-state index is 0.0601. The SMILES string of the molecule is CC(C)(CN1CCCCC1)NC(=O)c1ccccc1S(=O)(=O)Nc1cccnc1. The predicted octanol–water partition coefficient (Wildman–Crippen LogP) is 2.88. The summed E-state index contributed by atoms with van der Waals surface area (Å²) >= 11 is 0. The lowest BCUT2D eigenvalue weighted by atomic mass is 10.0. The molecule has 0 atom stereocenters. The van der Waals surface area contributed by atoms with E-state index in [0.29, 0.717) is 5.69 Å². The number of carbonyl (C=O) groups excluding carboxylic acids is 1. The highest BCUT2D eigenvalue weighted by Gasteiger charge is 2.28. The molecule has 1 aromatic carbocycles. The van der Waals surface area contributed by atoms with Crippen LogP contribution in [-0.4, -0.2) is 49.4 Å². The number of rotatable bonds is 7. The lowest BCUT2D eigenvalue weighted by Crippen LogP contribution is -2.52. The summed E-state index contributed by atoms with van der Waals surface area (Å²) in [6.07, 6.45) is 6.57. The van der Waals surface area contributed by atoms with Crippen LogP contribution in [0.1, 0.15) is 43.5 Å². The van der Waals surface area contributed by atoms with E-state index in [4.69, 9.17) is 0 Å². The van der Waals surface area contributed by atoms with Gasteiger partial charge in [0.05, 0.1) is 17.4 Å². The van der Waals surface area contributed by atoms with Gasteiger partial charge in [-0.15, -0.1) is 0 Å². The van der Waals surface area contributed by atoms with Crippen molar-refractivity contribution in [3.63, 3.8) is 0 Å². The number of sulfonamides is 1. The smallest absolute Gasteiger partial charge is 0.262 e. The Morgan fingerprint density at radius 3 is 2.52 bits per heavy atom.